The Labute approximate surface area is 159 Å². The number of thioether (sulfide) groups is 2. The number of benzene rings is 1. The van der Waals surface area contributed by atoms with Gasteiger partial charge in [-0.15, -0.1) is 28.6 Å². The van der Waals surface area contributed by atoms with Crippen LogP contribution in [0.4, 0.5) is 5.69 Å². The van der Waals surface area contributed by atoms with E-state index in [-0.39, 0.29) is 12.5 Å². The molecule has 0 radical (unpaired) electrons. The Morgan fingerprint density at radius 3 is 2.77 bits per heavy atom. The number of nitrogens with one attached hydrogen (secondary N) is 1. The van der Waals surface area contributed by atoms with E-state index in [1.54, 1.807) is 35.7 Å². The zero-order valence-electron chi connectivity index (χ0n) is 14.7. The summed E-state index contributed by atoms with van der Waals surface area (Å²) < 4.78 is 2.35. The van der Waals surface area contributed by atoms with E-state index in [9.17, 15) is 9.59 Å². The van der Waals surface area contributed by atoms with E-state index in [0.29, 0.717) is 16.6 Å². The van der Waals surface area contributed by atoms with E-state index < -0.39 is 5.69 Å². The molecule has 0 atom stereocenters. The van der Waals surface area contributed by atoms with Gasteiger partial charge in [0.2, 0.25) is 5.91 Å². The van der Waals surface area contributed by atoms with Crippen molar-refractivity contribution in [2.24, 2.45) is 0 Å². The molecule has 2 aromatic heterocycles. The number of fused-ring (bicyclic) bond motifs is 1. The van der Waals surface area contributed by atoms with Gasteiger partial charge in [0, 0.05) is 15.8 Å². The number of amides is 1. The number of nitrogens with zero attached hydrogens (tertiary/aromatic N) is 4. The predicted molar refractivity (Wildman–Crippen MR) is 105 cm³/mol. The number of hydrogen-bond acceptors (Lipinski definition) is 6. The third-order valence-corrected chi connectivity index (χ3v) is 5.07. The van der Waals surface area contributed by atoms with Crippen LogP contribution in [0.1, 0.15) is 13.8 Å². The molecule has 26 heavy (non-hydrogen) atoms. The van der Waals surface area contributed by atoms with Crippen molar-refractivity contribution in [3.63, 3.8) is 0 Å². The molecule has 7 nitrogen and oxygen atoms in total. The fourth-order valence-corrected chi connectivity index (χ4v) is 3.55. The molecule has 0 aliphatic rings. The highest BCUT2D eigenvalue weighted by atomic mass is 32.2. The summed E-state index contributed by atoms with van der Waals surface area (Å²) in [6.45, 7) is 3.94. The number of aromatic nitrogens is 4. The maximum Gasteiger partial charge on any atom is 0.367 e. The second-order valence-corrected chi connectivity index (χ2v) is 8.30. The average Bonchev–Trinajstić information content (AvgIpc) is 2.90. The fraction of sp³-hybridized carbons (Fsp3) is 0.294. The first-order valence-corrected chi connectivity index (χ1v) is 10.1. The maximum atomic E-state index is 12.5. The van der Waals surface area contributed by atoms with Gasteiger partial charge in [-0.1, -0.05) is 19.9 Å². The number of anilines is 1. The molecule has 1 amide bonds. The molecule has 0 saturated heterocycles. The summed E-state index contributed by atoms with van der Waals surface area (Å²) in [6, 6.07) is 11.1. The van der Waals surface area contributed by atoms with Crippen LogP contribution in [0.15, 0.2) is 51.1 Å². The molecule has 1 N–H and O–H groups in total. The monoisotopic (exact) mass is 389 g/mol. The van der Waals surface area contributed by atoms with Gasteiger partial charge in [-0.25, -0.2) is 9.48 Å². The van der Waals surface area contributed by atoms with Crippen LogP contribution in [0.3, 0.4) is 0 Å². The van der Waals surface area contributed by atoms with Crippen LogP contribution >= 0.6 is 23.5 Å². The fourth-order valence-electron chi connectivity index (χ4n) is 2.34. The normalized spacial score (nSPS) is 11.2. The molecule has 0 saturated carbocycles. The Hall–Kier alpha value is -2.26. The summed E-state index contributed by atoms with van der Waals surface area (Å²) >= 11 is 3.15. The molecule has 0 aliphatic carbocycles. The maximum absolute atomic E-state index is 12.5. The summed E-state index contributed by atoms with van der Waals surface area (Å²) in [4.78, 5) is 25.8. The Balaban J connectivity index is 1.78. The molecule has 3 aromatic rings. The summed E-state index contributed by atoms with van der Waals surface area (Å²) in [7, 11) is 0. The molecule has 0 aliphatic heterocycles. The van der Waals surface area contributed by atoms with Gasteiger partial charge in [-0.3, -0.25) is 4.79 Å². The van der Waals surface area contributed by atoms with E-state index >= 15 is 0 Å². The highest BCUT2D eigenvalue weighted by Gasteiger charge is 2.13. The molecule has 9 heteroatoms. The van der Waals surface area contributed by atoms with E-state index in [1.807, 2.05) is 30.5 Å². The molecular formula is C17H19N5O2S2. The first-order chi connectivity index (χ1) is 12.5. The van der Waals surface area contributed by atoms with Crippen molar-refractivity contribution in [3.05, 3.63) is 46.9 Å². The van der Waals surface area contributed by atoms with Gasteiger partial charge in [0.25, 0.3) is 0 Å². The minimum Gasteiger partial charge on any atom is -0.324 e. The quantitative estimate of drug-likeness (QED) is 0.653. The summed E-state index contributed by atoms with van der Waals surface area (Å²) in [5.74, 6) is -0.314. The molecule has 3 rings (SSSR count). The van der Waals surface area contributed by atoms with Gasteiger partial charge >= 0.3 is 5.69 Å². The third kappa shape index (κ3) is 4.28. The average molecular weight is 390 g/mol. The highest BCUT2D eigenvalue weighted by Crippen LogP contribution is 2.20. The van der Waals surface area contributed by atoms with Crippen molar-refractivity contribution in [3.8, 4) is 0 Å². The van der Waals surface area contributed by atoms with Crippen molar-refractivity contribution in [1.29, 1.82) is 0 Å². The first-order valence-electron chi connectivity index (χ1n) is 8.04. The first kappa shape index (κ1) is 18.5. The van der Waals surface area contributed by atoms with E-state index in [0.717, 1.165) is 14.6 Å². The lowest BCUT2D eigenvalue weighted by Gasteiger charge is -2.05. The van der Waals surface area contributed by atoms with Crippen LogP contribution in [0.5, 0.6) is 0 Å². The summed E-state index contributed by atoms with van der Waals surface area (Å²) in [6.07, 6.45) is 1.97. The van der Waals surface area contributed by atoms with Crippen molar-refractivity contribution in [2.45, 2.75) is 35.6 Å². The van der Waals surface area contributed by atoms with Gasteiger partial charge in [-0.05, 0) is 36.6 Å². The Morgan fingerprint density at radius 2 is 2.04 bits per heavy atom. The van der Waals surface area contributed by atoms with Crippen molar-refractivity contribution < 1.29 is 4.79 Å². The lowest BCUT2D eigenvalue weighted by molar-refractivity contribution is -0.117. The van der Waals surface area contributed by atoms with E-state index in [2.05, 4.69) is 29.4 Å². The minimum absolute atomic E-state index is 0.168. The minimum atomic E-state index is -0.431. The van der Waals surface area contributed by atoms with E-state index in [1.165, 1.54) is 4.52 Å². The van der Waals surface area contributed by atoms with Crippen LogP contribution in [0.2, 0.25) is 0 Å². The number of carbonyl (C=O) groups is 1. The third-order valence-electron chi connectivity index (χ3n) is 3.42. The molecule has 0 fully saturated rings. The standard InChI is InChI=1S/C17H19N5O2S2/c1-11(2)26-16-8-7-14-19-21(17(24)22(14)20-16)10-15(23)18-12-5-4-6-13(9-12)25-3/h4-9,11H,10H2,1-3H3,(H,18,23). The van der Waals surface area contributed by atoms with Crippen molar-refractivity contribution >= 4 is 40.8 Å². The van der Waals surface area contributed by atoms with Crippen molar-refractivity contribution in [2.75, 3.05) is 11.6 Å². The van der Waals surface area contributed by atoms with Gasteiger partial charge in [-0.2, -0.15) is 9.61 Å². The molecule has 2 heterocycles. The molecule has 0 unspecified atom stereocenters. The highest BCUT2D eigenvalue weighted by molar-refractivity contribution is 7.99. The van der Waals surface area contributed by atoms with Crippen LogP contribution in [-0.2, 0) is 11.3 Å². The predicted octanol–water partition coefficient (Wildman–Crippen LogP) is 2.75. The zero-order valence-corrected chi connectivity index (χ0v) is 16.3. The SMILES string of the molecule is CSc1cccc(NC(=O)Cn2nc3ccc(SC(C)C)nn3c2=O)c1. The van der Waals surface area contributed by atoms with Gasteiger partial charge in [0.15, 0.2) is 5.65 Å². The van der Waals surface area contributed by atoms with Crippen LogP contribution in [-0.4, -0.2) is 36.8 Å². The zero-order chi connectivity index (χ0) is 18.7. The number of hydrogen-bond donors (Lipinski definition) is 1. The Morgan fingerprint density at radius 1 is 1.23 bits per heavy atom. The molecule has 136 valence electrons. The lowest BCUT2D eigenvalue weighted by atomic mass is 10.3. The van der Waals surface area contributed by atoms with Gasteiger partial charge < -0.3 is 5.32 Å². The van der Waals surface area contributed by atoms with Gasteiger partial charge in [0.05, 0.1) is 0 Å². The van der Waals surface area contributed by atoms with Crippen LogP contribution < -0.4 is 11.0 Å². The number of rotatable bonds is 6. The molecular weight excluding hydrogens is 370 g/mol. The second-order valence-electron chi connectivity index (χ2n) is 5.83. The smallest absolute Gasteiger partial charge is 0.324 e. The second kappa shape index (κ2) is 7.96. The molecule has 1 aromatic carbocycles. The topological polar surface area (TPSA) is 81.3 Å². The Kier molecular flexibility index (Phi) is 5.67. The summed E-state index contributed by atoms with van der Waals surface area (Å²) in [5.41, 5.74) is 0.673. The summed E-state index contributed by atoms with van der Waals surface area (Å²) in [5, 5.41) is 12.4. The lowest BCUT2D eigenvalue weighted by Crippen LogP contribution is -2.28. The Bertz CT molecular complexity index is 996. The number of carbonyl (C=O) groups excluding carboxylic acids is 1. The van der Waals surface area contributed by atoms with E-state index in [4.69, 9.17) is 0 Å². The van der Waals surface area contributed by atoms with Gasteiger partial charge in [0.1, 0.15) is 11.6 Å². The van der Waals surface area contributed by atoms with Crippen LogP contribution in [0.25, 0.3) is 5.65 Å². The molecule has 0 bridgehead atoms. The van der Waals surface area contributed by atoms with Crippen molar-refractivity contribution in [1.82, 2.24) is 19.4 Å². The largest absolute Gasteiger partial charge is 0.367 e. The molecule has 0 spiro atoms. The van der Waals surface area contributed by atoms with Crippen LogP contribution in [0, 0.1) is 0 Å².